The molecule has 1 aliphatic carbocycles. The van der Waals surface area contributed by atoms with Crippen LogP contribution in [0.25, 0.3) is 16.2 Å². The van der Waals surface area contributed by atoms with E-state index in [0.717, 1.165) is 40.3 Å². The number of fused-ring (bicyclic) bond motifs is 1. The summed E-state index contributed by atoms with van der Waals surface area (Å²) >= 11 is 1.52. The second-order valence-corrected chi connectivity index (χ2v) is 8.73. The molecule has 4 aromatic rings. The number of nitrogens with one attached hydrogen (secondary N) is 2. The molecule has 1 aliphatic rings. The van der Waals surface area contributed by atoms with Crippen molar-refractivity contribution in [2.45, 2.75) is 26.2 Å². The number of rotatable bonds is 6. The van der Waals surface area contributed by atoms with Gasteiger partial charge in [0.05, 0.1) is 12.1 Å². The first kappa shape index (κ1) is 19.5. The Balaban J connectivity index is 1.31. The van der Waals surface area contributed by atoms with Crippen LogP contribution in [-0.2, 0) is 16.0 Å². The molecular formula is C24H22N4O2S. The summed E-state index contributed by atoms with van der Waals surface area (Å²) in [7, 11) is 0. The van der Waals surface area contributed by atoms with Gasteiger partial charge in [-0.15, -0.1) is 11.3 Å². The second kappa shape index (κ2) is 8.00. The minimum Gasteiger partial charge on any atom is -0.326 e. The van der Waals surface area contributed by atoms with Gasteiger partial charge in [0, 0.05) is 40.1 Å². The predicted octanol–water partition coefficient (Wildman–Crippen LogP) is 4.90. The molecule has 2 N–H and O–H groups in total. The molecule has 2 amide bonds. The Morgan fingerprint density at radius 2 is 1.94 bits per heavy atom. The van der Waals surface area contributed by atoms with E-state index in [1.807, 2.05) is 71.4 Å². The molecule has 0 atom stereocenters. The van der Waals surface area contributed by atoms with Gasteiger partial charge in [-0.2, -0.15) is 0 Å². The smallest absolute Gasteiger partial charge is 0.230 e. The number of carbonyl (C=O) groups excluding carboxylic acids is 2. The highest BCUT2D eigenvalue weighted by Crippen LogP contribution is 2.31. The van der Waals surface area contributed by atoms with Crippen LogP contribution in [0.15, 0.2) is 60.1 Å². The van der Waals surface area contributed by atoms with Gasteiger partial charge in [0.1, 0.15) is 0 Å². The van der Waals surface area contributed by atoms with Gasteiger partial charge in [0.15, 0.2) is 4.96 Å². The highest BCUT2D eigenvalue weighted by Gasteiger charge is 2.29. The van der Waals surface area contributed by atoms with Gasteiger partial charge >= 0.3 is 0 Å². The van der Waals surface area contributed by atoms with Gasteiger partial charge in [0.2, 0.25) is 11.8 Å². The Kier molecular flexibility index (Phi) is 5.03. The monoisotopic (exact) mass is 430 g/mol. The van der Waals surface area contributed by atoms with Crippen molar-refractivity contribution >= 4 is 39.5 Å². The van der Waals surface area contributed by atoms with Crippen LogP contribution in [0.5, 0.6) is 0 Å². The Hall–Kier alpha value is -3.45. The number of benzene rings is 2. The Morgan fingerprint density at radius 1 is 1.13 bits per heavy atom. The average Bonchev–Trinajstić information content (AvgIpc) is 3.44. The van der Waals surface area contributed by atoms with E-state index in [9.17, 15) is 9.59 Å². The molecule has 2 aromatic heterocycles. The summed E-state index contributed by atoms with van der Waals surface area (Å²) in [4.78, 5) is 30.3. The summed E-state index contributed by atoms with van der Waals surface area (Å²) in [6.45, 7) is 1.94. The molecule has 7 heteroatoms. The first-order chi connectivity index (χ1) is 15.1. The van der Waals surface area contributed by atoms with Crippen LogP contribution in [0, 0.1) is 12.8 Å². The molecule has 0 unspecified atom stereocenters. The standard InChI is InChI=1S/C24H22N4O2S/c1-15-7-10-18(25-23(30)17-8-9-17)11-20(15)26-22(29)12-19-14-31-24-27-21(13-28(19)24)16-5-3-2-4-6-16/h2-7,10-11,13-14,17H,8-9,12H2,1H3,(H,25,30)(H,26,29). The third kappa shape index (κ3) is 4.22. The number of hydrogen-bond donors (Lipinski definition) is 2. The summed E-state index contributed by atoms with van der Waals surface area (Å²) in [5.41, 5.74) is 5.20. The van der Waals surface area contributed by atoms with E-state index in [4.69, 9.17) is 0 Å². The van der Waals surface area contributed by atoms with Crippen LogP contribution < -0.4 is 10.6 Å². The Labute approximate surface area is 183 Å². The van der Waals surface area contributed by atoms with E-state index in [1.165, 1.54) is 11.3 Å². The van der Waals surface area contributed by atoms with Crippen molar-refractivity contribution in [1.82, 2.24) is 9.38 Å². The third-order valence-corrected chi connectivity index (χ3v) is 6.31. The van der Waals surface area contributed by atoms with Crippen LogP contribution >= 0.6 is 11.3 Å². The van der Waals surface area contributed by atoms with Crippen molar-refractivity contribution in [1.29, 1.82) is 0 Å². The summed E-state index contributed by atoms with van der Waals surface area (Å²) in [5.74, 6) is 0.0795. The lowest BCUT2D eigenvalue weighted by Crippen LogP contribution is -2.17. The minimum absolute atomic E-state index is 0.0520. The number of amides is 2. The SMILES string of the molecule is Cc1ccc(NC(=O)C2CC2)cc1NC(=O)Cc1csc2nc(-c3ccccc3)cn12. The molecule has 0 saturated heterocycles. The molecule has 2 heterocycles. The van der Waals surface area contributed by atoms with E-state index >= 15 is 0 Å². The van der Waals surface area contributed by atoms with Crippen LogP contribution in [-0.4, -0.2) is 21.2 Å². The first-order valence-electron chi connectivity index (χ1n) is 10.3. The maximum atomic E-state index is 12.8. The van der Waals surface area contributed by atoms with Crippen molar-refractivity contribution in [3.05, 3.63) is 71.4 Å². The number of nitrogens with zero attached hydrogens (tertiary/aromatic N) is 2. The number of imidazole rings is 1. The first-order valence-corrected chi connectivity index (χ1v) is 11.2. The van der Waals surface area contributed by atoms with Crippen LogP contribution in [0.2, 0.25) is 0 Å². The highest BCUT2D eigenvalue weighted by atomic mass is 32.1. The fourth-order valence-electron chi connectivity index (χ4n) is 3.49. The van der Waals surface area contributed by atoms with Gasteiger partial charge in [0.25, 0.3) is 0 Å². The number of thiazole rings is 1. The van der Waals surface area contributed by atoms with E-state index in [0.29, 0.717) is 11.4 Å². The Morgan fingerprint density at radius 3 is 2.71 bits per heavy atom. The molecule has 1 saturated carbocycles. The van der Waals surface area contributed by atoms with Crippen LogP contribution in [0.3, 0.4) is 0 Å². The fraction of sp³-hybridized carbons (Fsp3) is 0.208. The van der Waals surface area contributed by atoms with E-state index in [-0.39, 0.29) is 24.2 Å². The average molecular weight is 431 g/mol. The number of aryl methyl sites for hydroxylation is 1. The fourth-order valence-corrected chi connectivity index (χ4v) is 4.36. The van der Waals surface area contributed by atoms with Gasteiger partial charge in [-0.3, -0.25) is 14.0 Å². The van der Waals surface area contributed by atoms with Crippen molar-refractivity contribution in [2.75, 3.05) is 10.6 Å². The lowest BCUT2D eigenvalue weighted by atomic mass is 10.1. The summed E-state index contributed by atoms with van der Waals surface area (Å²) in [6, 6.07) is 15.6. The molecular weight excluding hydrogens is 408 g/mol. The molecule has 0 radical (unpaired) electrons. The molecule has 5 rings (SSSR count). The number of anilines is 2. The van der Waals surface area contributed by atoms with Gasteiger partial charge in [-0.25, -0.2) is 4.98 Å². The van der Waals surface area contributed by atoms with Gasteiger partial charge in [-0.1, -0.05) is 36.4 Å². The van der Waals surface area contributed by atoms with Gasteiger partial charge < -0.3 is 10.6 Å². The number of aromatic nitrogens is 2. The summed E-state index contributed by atoms with van der Waals surface area (Å²) < 4.78 is 1.98. The molecule has 1 fully saturated rings. The maximum Gasteiger partial charge on any atom is 0.230 e. The molecule has 0 spiro atoms. The highest BCUT2D eigenvalue weighted by molar-refractivity contribution is 7.15. The second-order valence-electron chi connectivity index (χ2n) is 7.89. The zero-order chi connectivity index (χ0) is 21.4. The van der Waals surface area contributed by atoms with Crippen LogP contribution in [0.1, 0.15) is 24.1 Å². The number of carbonyl (C=O) groups is 2. The maximum absolute atomic E-state index is 12.8. The van der Waals surface area contributed by atoms with Crippen molar-refractivity contribution < 1.29 is 9.59 Å². The zero-order valence-corrected chi connectivity index (χ0v) is 17.9. The van der Waals surface area contributed by atoms with Crippen molar-refractivity contribution in [2.24, 2.45) is 5.92 Å². The molecule has 31 heavy (non-hydrogen) atoms. The topological polar surface area (TPSA) is 75.5 Å². The van der Waals surface area contributed by atoms with E-state index in [1.54, 1.807) is 0 Å². The van der Waals surface area contributed by atoms with Crippen molar-refractivity contribution in [3.63, 3.8) is 0 Å². The normalized spacial score (nSPS) is 13.3. The molecule has 156 valence electrons. The zero-order valence-electron chi connectivity index (χ0n) is 17.1. The quantitative estimate of drug-likeness (QED) is 0.457. The molecule has 0 aliphatic heterocycles. The molecule has 6 nitrogen and oxygen atoms in total. The Bertz CT molecular complexity index is 1270. The van der Waals surface area contributed by atoms with E-state index < -0.39 is 0 Å². The van der Waals surface area contributed by atoms with E-state index in [2.05, 4.69) is 15.6 Å². The summed E-state index contributed by atoms with van der Waals surface area (Å²) in [6.07, 6.45) is 4.12. The largest absolute Gasteiger partial charge is 0.326 e. The third-order valence-electron chi connectivity index (χ3n) is 5.42. The molecule has 0 bridgehead atoms. The summed E-state index contributed by atoms with van der Waals surface area (Å²) in [5, 5.41) is 7.89. The van der Waals surface area contributed by atoms with Crippen molar-refractivity contribution in [3.8, 4) is 11.3 Å². The van der Waals surface area contributed by atoms with Crippen LogP contribution in [0.4, 0.5) is 11.4 Å². The molecule has 2 aromatic carbocycles. The lowest BCUT2D eigenvalue weighted by molar-refractivity contribution is -0.117. The minimum atomic E-state index is -0.108. The van der Waals surface area contributed by atoms with Gasteiger partial charge in [-0.05, 0) is 37.5 Å². The lowest BCUT2D eigenvalue weighted by Gasteiger charge is -2.11. The predicted molar refractivity (Wildman–Crippen MR) is 123 cm³/mol. The number of hydrogen-bond acceptors (Lipinski definition) is 4.